The van der Waals surface area contributed by atoms with Crippen molar-refractivity contribution in [1.29, 1.82) is 0 Å². The van der Waals surface area contributed by atoms with Gasteiger partial charge in [-0.1, -0.05) is 38.3 Å². The summed E-state index contributed by atoms with van der Waals surface area (Å²) in [5.41, 5.74) is 11.5. The molecule has 5 nitrogen and oxygen atoms in total. The molecule has 27 heavy (non-hydrogen) atoms. The predicted octanol–water partition coefficient (Wildman–Crippen LogP) is 4.32. The molecule has 148 valence electrons. The third-order valence-corrected chi connectivity index (χ3v) is 8.37. The molecule has 0 unspecified atom stereocenters. The van der Waals surface area contributed by atoms with Crippen molar-refractivity contribution in [3.8, 4) is 0 Å². The summed E-state index contributed by atoms with van der Waals surface area (Å²) in [7, 11) is 0. The molecule has 3 atom stereocenters. The average Bonchev–Trinajstić information content (AvgIpc) is 3.06. The van der Waals surface area contributed by atoms with Crippen molar-refractivity contribution in [3.05, 3.63) is 16.7 Å². The molecule has 5 heteroatoms. The summed E-state index contributed by atoms with van der Waals surface area (Å²) < 4.78 is 12.2. The predicted molar refractivity (Wildman–Crippen MR) is 102 cm³/mol. The molecule has 0 aromatic rings. The van der Waals surface area contributed by atoms with Gasteiger partial charge in [-0.15, -0.1) is 0 Å². The van der Waals surface area contributed by atoms with Gasteiger partial charge in [0.25, 0.3) is 0 Å². The highest BCUT2D eigenvalue weighted by atomic mass is 16.7. The average molecular weight is 373 g/mol. The zero-order valence-electron chi connectivity index (χ0n) is 17.1. The summed E-state index contributed by atoms with van der Waals surface area (Å²) in [6.45, 7) is 10.2. The summed E-state index contributed by atoms with van der Waals surface area (Å²) >= 11 is 0. The molecule has 0 N–H and O–H groups in total. The van der Waals surface area contributed by atoms with E-state index in [0.717, 1.165) is 12.6 Å². The number of carbonyl (C=O) groups is 1. The molecular weight excluding hydrogens is 340 g/mol. The van der Waals surface area contributed by atoms with Crippen LogP contribution in [0.1, 0.15) is 72.6 Å². The monoisotopic (exact) mass is 372 g/mol. The lowest BCUT2D eigenvalue weighted by atomic mass is 9.47. The number of allylic oxidation sites excluding steroid dienone is 1. The van der Waals surface area contributed by atoms with Gasteiger partial charge in [-0.05, 0) is 55.8 Å². The molecule has 4 aliphatic rings. The van der Waals surface area contributed by atoms with Gasteiger partial charge in [-0.25, -0.2) is 0 Å². The van der Waals surface area contributed by atoms with Crippen LogP contribution in [0.2, 0.25) is 0 Å². The van der Waals surface area contributed by atoms with Crippen molar-refractivity contribution in [3.63, 3.8) is 0 Å². The quantitative estimate of drug-likeness (QED) is 0.314. The second-order valence-corrected chi connectivity index (χ2v) is 10.2. The Labute approximate surface area is 162 Å². The number of ether oxygens (including phenoxy) is 2. The smallest absolute Gasteiger partial charge is 0.323 e. The topological polar surface area (TPSA) is 71.9 Å². The van der Waals surface area contributed by atoms with Crippen molar-refractivity contribution in [2.75, 3.05) is 13.2 Å². The third-order valence-electron chi connectivity index (χ3n) is 8.37. The molecule has 0 aromatic carbocycles. The molecule has 1 aliphatic heterocycles. The van der Waals surface area contributed by atoms with E-state index in [2.05, 4.69) is 25.6 Å². The number of Topliss-reactive ketones (excluding diaryl/α,β-unsaturated/α-hetero) is 1. The zero-order valence-corrected chi connectivity index (χ0v) is 17.1. The lowest BCUT2D eigenvalue weighted by molar-refractivity contribution is -0.232. The number of fused-ring (bicyclic) bond motifs is 2. The normalized spacial score (nSPS) is 39.5. The van der Waals surface area contributed by atoms with Gasteiger partial charge in [0, 0.05) is 6.42 Å². The zero-order chi connectivity index (χ0) is 19.5. The van der Waals surface area contributed by atoms with Crippen LogP contribution >= 0.6 is 0 Å². The van der Waals surface area contributed by atoms with Crippen molar-refractivity contribution >= 4 is 12.0 Å². The Kier molecular flexibility index (Phi) is 4.30. The highest BCUT2D eigenvalue weighted by Gasteiger charge is 2.64. The number of nitrogens with zero attached hydrogens (tertiary/aromatic N) is 2. The van der Waals surface area contributed by atoms with E-state index in [1.165, 1.54) is 36.8 Å². The van der Waals surface area contributed by atoms with Crippen LogP contribution in [-0.2, 0) is 14.3 Å². The lowest BCUT2D eigenvalue weighted by Crippen LogP contribution is -2.58. The fourth-order valence-electron chi connectivity index (χ4n) is 6.90. The lowest BCUT2D eigenvalue weighted by Gasteiger charge is -2.59. The van der Waals surface area contributed by atoms with Crippen LogP contribution in [0.4, 0.5) is 0 Å². The van der Waals surface area contributed by atoms with E-state index in [1.54, 1.807) is 0 Å². The molecule has 1 heterocycles. The van der Waals surface area contributed by atoms with E-state index < -0.39 is 11.2 Å². The first-order valence-corrected chi connectivity index (χ1v) is 10.4. The summed E-state index contributed by atoms with van der Waals surface area (Å²) in [4.78, 5) is 16.1. The Morgan fingerprint density at radius 2 is 1.85 bits per heavy atom. The minimum Gasteiger partial charge on any atom is -0.361 e. The first-order valence-electron chi connectivity index (χ1n) is 10.4. The number of ketones is 1. The maximum Gasteiger partial charge on any atom is 0.323 e. The van der Waals surface area contributed by atoms with Gasteiger partial charge in [0.2, 0.25) is 5.78 Å². The Hall–Kier alpha value is -1.29. The van der Waals surface area contributed by atoms with Crippen molar-refractivity contribution < 1.29 is 19.1 Å². The van der Waals surface area contributed by atoms with Crippen LogP contribution in [0.15, 0.2) is 11.1 Å². The second kappa shape index (κ2) is 6.10. The van der Waals surface area contributed by atoms with Crippen LogP contribution in [0.3, 0.4) is 0 Å². The van der Waals surface area contributed by atoms with Gasteiger partial charge in [0.05, 0.1) is 18.6 Å². The molecule has 2 fully saturated rings. The molecule has 4 rings (SSSR count). The van der Waals surface area contributed by atoms with Crippen LogP contribution in [-0.4, -0.2) is 35.8 Å². The SMILES string of the molecule is CC1(C)CCC[C@]2(C)C3=C(CC[C@@H]12)CC1(OCCO1)[C@@](C)(C(=O)C=[N+]=[N-])C3. The van der Waals surface area contributed by atoms with Gasteiger partial charge in [0.15, 0.2) is 5.79 Å². The van der Waals surface area contributed by atoms with Gasteiger partial charge >= 0.3 is 6.21 Å². The Bertz CT molecular complexity index is 743. The van der Waals surface area contributed by atoms with Crippen LogP contribution < -0.4 is 0 Å². The summed E-state index contributed by atoms with van der Waals surface area (Å²) in [6, 6.07) is 0. The molecule has 0 bridgehead atoms. The highest BCUT2D eigenvalue weighted by molar-refractivity contribution is 6.28. The fourth-order valence-corrected chi connectivity index (χ4v) is 6.90. The van der Waals surface area contributed by atoms with Gasteiger partial charge in [-0.3, -0.25) is 4.79 Å². The number of hydrogen-bond acceptors (Lipinski definition) is 3. The van der Waals surface area contributed by atoms with E-state index in [9.17, 15) is 4.79 Å². The van der Waals surface area contributed by atoms with Gasteiger partial charge in [-0.2, -0.15) is 4.79 Å². The van der Waals surface area contributed by atoms with Gasteiger partial charge in [0.1, 0.15) is 0 Å². The molecule has 3 aliphatic carbocycles. The van der Waals surface area contributed by atoms with E-state index in [0.29, 0.717) is 37.4 Å². The third kappa shape index (κ3) is 2.55. The molecular formula is C22H32N2O3. The van der Waals surface area contributed by atoms with Crippen LogP contribution in [0.5, 0.6) is 0 Å². The second-order valence-electron chi connectivity index (χ2n) is 10.2. The van der Waals surface area contributed by atoms with Crippen molar-refractivity contribution in [1.82, 2.24) is 0 Å². The largest absolute Gasteiger partial charge is 0.361 e. The summed E-state index contributed by atoms with van der Waals surface area (Å²) in [5, 5.41) is 0. The number of carbonyl (C=O) groups excluding carboxylic acids is 1. The fraction of sp³-hybridized carbons (Fsp3) is 0.818. The first-order chi connectivity index (χ1) is 12.7. The molecule has 0 radical (unpaired) electrons. The number of hydrogen-bond donors (Lipinski definition) is 0. The van der Waals surface area contributed by atoms with Crippen molar-refractivity contribution in [2.45, 2.75) is 78.4 Å². The molecule has 1 saturated heterocycles. The molecule has 0 amide bonds. The van der Waals surface area contributed by atoms with E-state index >= 15 is 0 Å². The summed E-state index contributed by atoms with van der Waals surface area (Å²) in [5.74, 6) is -0.487. The standard InChI is InChI=1S/C22H32N2O3/c1-19(2)8-5-9-20(3)16-13-21(4,18(25)14-24-23)22(26-10-11-27-22)12-15(16)6-7-17(19)20/h14,17H,5-13H2,1-4H3/t17-,20+,21+/m0/s1. The van der Waals surface area contributed by atoms with E-state index in [1.807, 2.05) is 6.92 Å². The first kappa shape index (κ1) is 19.0. The maximum absolute atomic E-state index is 13.1. The van der Waals surface area contributed by atoms with Gasteiger partial charge < -0.3 is 15.0 Å². The Morgan fingerprint density at radius 1 is 1.15 bits per heavy atom. The Balaban J connectivity index is 1.82. The van der Waals surface area contributed by atoms with Crippen molar-refractivity contribution in [2.24, 2.45) is 22.2 Å². The molecule has 1 saturated carbocycles. The minimum absolute atomic E-state index is 0.132. The van der Waals surface area contributed by atoms with Crippen LogP contribution in [0.25, 0.3) is 5.53 Å². The van der Waals surface area contributed by atoms with E-state index in [4.69, 9.17) is 15.0 Å². The molecule has 0 aromatic heterocycles. The van der Waals surface area contributed by atoms with Crippen LogP contribution in [0, 0.1) is 22.2 Å². The minimum atomic E-state index is -0.919. The highest BCUT2D eigenvalue weighted by Crippen LogP contribution is 2.65. The molecule has 1 spiro atoms. The summed E-state index contributed by atoms with van der Waals surface area (Å²) in [6.07, 6.45) is 8.31. The number of rotatable bonds is 2. The van der Waals surface area contributed by atoms with E-state index in [-0.39, 0.29) is 11.2 Å². The maximum atomic E-state index is 13.1. The Morgan fingerprint density at radius 3 is 2.52 bits per heavy atom.